The molecule has 0 radical (unpaired) electrons. The molecule has 0 atom stereocenters. The van der Waals surface area contributed by atoms with Crippen LogP contribution in [0.4, 0.5) is 24.8 Å². The molecule has 0 amide bonds. The maximum atomic E-state index is 13.0. The molecule has 2 aromatic rings. The van der Waals surface area contributed by atoms with Gasteiger partial charge in [0.15, 0.2) is 11.4 Å². The van der Waals surface area contributed by atoms with E-state index in [9.17, 15) is 13.2 Å². The van der Waals surface area contributed by atoms with Crippen LogP contribution in [0.15, 0.2) is 30.5 Å². The molecule has 1 aromatic heterocycles. The molecular formula is C16H15F3N4. The maximum Gasteiger partial charge on any atom is 0.434 e. The van der Waals surface area contributed by atoms with Crippen molar-refractivity contribution >= 4 is 11.6 Å². The highest BCUT2D eigenvalue weighted by Crippen LogP contribution is 2.33. The average molecular weight is 320 g/mol. The normalized spacial score (nSPS) is 15.5. The molecule has 0 unspecified atom stereocenters. The van der Waals surface area contributed by atoms with Crippen molar-refractivity contribution in [1.82, 2.24) is 9.55 Å². The number of aromatic nitrogens is 2. The van der Waals surface area contributed by atoms with E-state index in [0.29, 0.717) is 30.4 Å². The number of anilines is 1. The largest absolute Gasteiger partial charge is 0.434 e. The summed E-state index contributed by atoms with van der Waals surface area (Å²) >= 11 is 0. The van der Waals surface area contributed by atoms with Crippen LogP contribution in [0.3, 0.4) is 0 Å². The topological polar surface area (TPSA) is 25.4 Å². The Morgan fingerprint density at radius 3 is 2.26 bits per heavy atom. The van der Waals surface area contributed by atoms with Gasteiger partial charge in [-0.1, -0.05) is 12.1 Å². The van der Waals surface area contributed by atoms with E-state index in [0.717, 1.165) is 25.5 Å². The van der Waals surface area contributed by atoms with E-state index in [1.807, 2.05) is 4.90 Å². The van der Waals surface area contributed by atoms with E-state index in [2.05, 4.69) is 9.83 Å². The number of benzene rings is 1. The molecule has 23 heavy (non-hydrogen) atoms. The first kappa shape index (κ1) is 15.4. The highest BCUT2D eigenvalue weighted by molar-refractivity contribution is 5.52. The summed E-state index contributed by atoms with van der Waals surface area (Å²) in [6.07, 6.45) is -0.470. The zero-order valence-corrected chi connectivity index (χ0v) is 12.3. The summed E-state index contributed by atoms with van der Waals surface area (Å²) in [7, 11) is 0. The summed E-state index contributed by atoms with van der Waals surface area (Å²) in [5.41, 5.74) is 0.123. The van der Waals surface area contributed by atoms with Crippen LogP contribution in [0.25, 0.3) is 10.5 Å². The van der Waals surface area contributed by atoms with Gasteiger partial charge in [-0.05, 0) is 31.4 Å². The lowest BCUT2D eigenvalue weighted by atomic mass is 10.1. The van der Waals surface area contributed by atoms with E-state index >= 15 is 0 Å². The summed E-state index contributed by atoms with van der Waals surface area (Å²) in [5.74, 6) is 0.313. The number of hydrogen-bond donors (Lipinski definition) is 0. The summed E-state index contributed by atoms with van der Waals surface area (Å²) < 4.78 is 40.6. The summed E-state index contributed by atoms with van der Waals surface area (Å²) in [6.45, 7) is 8.36. The molecule has 0 saturated carbocycles. The monoisotopic (exact) mass is 320 g/mol. The van der Waals surface area contributed by atoms with Gasteiger partial charge in [-0.25, -0.2) is 9.83 Å². The van der Waals surface area contributed by atoms with Gasteiger partial charge in [0, 0.05) is 25.0 Å². The number of hydrogen-bond acceptors (Lipinski definition) is 2. The van der Waals surface area contributed by atoms with E-state index < -0.39 is 11.9 Å². The Kier molecular flexibility index (Phi) is 3.99. The molecular weight excluding hydrogens is 305 g/mol. The summed E-state index contributed by atoms with van der Waals surface area (Å²) in [6, 6.07) is 6.47. The standard InChI is InChI=1S/C16H15F3N4/c1-20-12-5-7-13(8-6-12)23-11-14(16(17,18)19)21-15(23)22-9-3-2-4-10-22/h5-8,11H,2-4,9-10H2. The second kappa shape index (κ2) is 5.95. The number of alkyl halides is 3. The molecule has 7 heteroatoms. The molecule has 1 saturated heterocycles. The molecule has 0 aliphatic carbocycles. The van der Waals surface area contributed by atoms with E-state index in [4.69, 9.17) is 6.57 Å². The Morgan fingerprint density at radius 1 is 1.04 bits per heavy atom. The molecule has 0 N–H and O–H groups in total. The third-order valence-electron chi connectivity index (χ3n) is 3.87. The van der Waals surface area contributed by atoms with Gasteiger partial charge in [0.2, 0.25) is 5.95 Å². The van der Waals surface area contributed by atoms with Crippen LogP contribution in [0.5, 0.6) is 0 Å². The van der Waals surface area contributed by atoms with Crippen LogP contribution in [0.1, 0.15) is 25.0 Å². The Bertz CT molecular complexity index is 719. The van der Waals surface area contributed by atoms with E-state index in [1.165, 1.54) is 4.57 Å². The van der Waals surface area contributed by atoms with Gasteiger partial charge in [0.05, 0.1) is 6.57 Å². The van der Waals surface area contributed by atoms with Crippen LogP contribution >= 0.6 is 0 Å². The number of piperidine rings is 1. The van der Waals surface area contributed by atoms with Gasteiger partial charge in [-0.3, -0.25) is 4.57 Å². The van der Waals surface area contributed by atoms with Gasteiger partial charge in [-0.15, -0.1) is 0 Å². The smallest absolute Gasteiger partial charge is 0.342 e. The van der Waals surface area contributed by atoms with Crippen LogP contribution < -0.4 is 4.90 Å². The molecule has 1 aliphatic rings. The van der Waals surface area contributed by atoms with Crippen molar-refractivity contribution in [3.63, 3.8) is 0 Å². The minimum Gasteiger partial charge on any atom is -0.342 e. The van der Waals surface area contributed by atoms with Crippen LogP contribution in [0.2, 0.25) is 0 Å². The molecule has 2 heterocycles. The molecule has 0 bridgehead atoms. The summed E-state index contributed by atoms with van der Waals surface area (Å²) in [4.78, 5) is 9.01. The number of imidazole rings is 1. The Labute approximate surface area is 132 Å². The lowest BCUT2D eigenvalue weighted by Crippen LogP contribution is -2.31. The van der Waals surface area contributed by atoms with Crippen molar-refractivity contribution in [1.29, 1.82) is 0 Å². The first-order valence-corrected chi connectivity index (χ1v) is 7.38. The third-order valence-corrected chi connectivity index (χ3v) is 3.87. The van der Waals surface area contributed by atoms with Gasteiger partial charge in [-0.2, -0.15) is 13.2 Å². The van der Waals surface area contributed by atoms with E-state index in [-0.39, 0.29) is 0 Å². The number of halogens is 3. The fourth-order valence-corrected chi connectivity index (χ4v) is 2.70. The quantitative estimate of drug-likeness (QED) is 0.765. The molecule has 3 rings (SSSR count). The lowest BCUT2D eigenvalue weighted by molar-refractivity contribution is -0.140. The first-order valence-electron chi connectivity index (χ1n) is 7.38. The van der Waals surface area contributed by atoms with Crippen molar-refractivity contribution in [2.75, 3.05) is 18.0 Å². The minimum atomic E-state index is -4.48. The second-order valence-electron chi connectivity index (χ2n) is 5.47. The number of nitrogens with zero attached hydrogens (tertiary/aromatic N) is 4. The fraction of sp³-hybridized carbons (Fsp3) is 0.375. The highest BCUT2D eigenvalue weighted by Gasteiger charge is 2.36. The average Bonchev–Trinajstić information content (AvgIpc) is 3.01. The highest BCUT2D eigenvalue weighted by atomic mass is 19.4. The predicted octanol–water partition coefficient (Wildman–Crippen LogP) is 4.43. The SMILES string of the molecule is [C-]#[N+]c1ccc(-n2cc(C(F)(F)F)nc2N2CCCCC2)cc1. The van der Waals surface area contributed by atoms with Crippen LogP contribution in [-0.2, 0) is 6.18 Å². The fourth-order valence-electron chi connectivity index (χ4n) is 2.70. The lowest BCUT2D eigenvalue weighted by Gasteiger charge is -2.28. The zero-order chi connectivity index (χ0) is 16.4. The van der Waals surface area contributed by atoms with Crippen molar-refractivity contribution in [3.05, 3.63) is 47.6 Å². The van der Waals surface area contributed by atoms with Crippen molar-refractivity contribution in [2.45, 2.75) is 25.4 Å². The maximum absolute atomic E-state index is 13.0. The van der Waals surface area contributed by atoms with Crippen molar-refractivity contribution < 1.29 is 13.2 Å². The van der Waals surface area contributed by atoms with Gasteiger partial charge in [0.1, 0.15) is 0 Å². The number of rotatable bonds is 2. The van der Waals surface area contributed by atoms with Gasteiger partial charge >= 0.3 is 6.18 Å². The van der Waals surface area contributed by atoms with Crippen LogP contribution in [0, 0.1) is 6.57 Å². The Hall–Kier alpha value is -2.49. The predicted molar refractivity (Wildman–Crippen MR) is 80.9 cm³/mol. The Balaban J connectivity index is 2.05. The van der Waals surface area contributed by atoms with Gasteiger partial charge in [0.25, 0.3) is 0 Å². The van der Waals surface area contributed by atoms with Gasteiger partial charge < -0.3 is 4.90 Å². The third kappa shape index (κ3) is 3.16. The molecule has 1 fully saturated rings. The first-order chi connectivity index (χ1) is 11.0. The molecule has 120 valence electrons. The molecule has 0 spiro atoms. The van der Waals surface area contributed by atoms with Crippen molar-refractivity contribution in [3.8, 4) is 5.69 Å². The zero-order valence-electron chi connectivity index (χ0n) is 12.3. The van der Waals surface area contributed by atoms with E-state index in [1.54, 1.807) is 24.3 Å². The molecule has 1 aliphatic heterocycles. The summed E-state index contributed by atoms with van der Waals surface area (Å²) in [5, 5.41) is 0. The molecule has 4 nitrogen and oxygen atoms in total. The molecule has 1 aromatic carbocycles. The minimum absolute atomic E-state index is 0.313. The van der Waals surface area contributed by atoms with Crippen molar-refractivity contribution in [2.24, 2.45) is 0 Å². The Morgan fingerprint density at radius 2 is 1.70 bits per heavy atom. The van der Waals surface area contributed by atoms with Crippen LogP contribution in [-0.4, -0.2) is 22.6 Å². The second-order valence-corrected chi connectivity index (χ2v) is 5.47.